The van der Waals surface area contributed by atoms with E-state index in [1.807, 2.05) is 20.0 Å². The van der Waals surface area contributed by atoms with Crippen molar-refractivity contribution in [2.24, 2.45) is 7.05 Å². The van der Waals surface area contributed by atoms with Crippen LogP contribution in [-0.4, -0.2) is 38.1 Å². The number of amides is 2. The summed E-state index contributed by atoms with van der Waals surface area (Å²) in [5.74, 6) is 0.0151. The molecule has 1 aromatic rings. The van der Waals surface area contributed by atoms with E-state index in [1.165, 1.54) is 0 Å². The van der Waals surface area contributed by atoms with Gasteiger partial charge in [-0.15, -0.1) is 0 Å². The van der Waals surface area contributed by atoms with E-state index in [2.05, 4.69) is 10.4 Å². The van der Waals surface area contributed by atoms with Crippen LogP contribution in [0, 0.1) is 6.92 Å². The molecule has 1 aromatic heterocycles. The van der Waals surface area contributed by atoms with Crippen molar-refractivity contribution in [1.29, 1.82) is 0 Å². The molecule has 6 heteroatoms. The molecule has 1 atom stereocenters. The fourth-order valence-corrected chi connectivity index (χ4v) is 3.62. The summed E-state index contributed by atoms with van der Waals surface area (Å²) in [5, 5.41) is 7.18. The van der Waals surface area contributed by atoms with Crippen LogP contribution in [0.3, 0.4) is 0 Å². The number of nitrogens with one attached hydrogen (secondary N) is 1. The molecule has 2 heterocycles. The topological polar surface area (TPSA) is 67.2 Å². The van der Waals surface area contributed by atoms with Gasteiger partial charge in [-0.25, -0.2) is 0 Å². The Balaban J connectivity index is 1.96. The number of aryl methyl sites for hydroxylation is 2. The fourth-order valence-electron chi connectivity index (χ4n) is 3.62. The molecule has 2 fully saturated rings. The second-order valence-corrected chi connectivity index (χ2v) is 6.26. The van der Waals surface area contributed by atoms with Gasteiger partial charge >= 0.3 is 0 Å². The number of carbonyl (C=O) groups is 2. The van der Waals surface area contributed by atoms with Crippen molar-refractivity contribution in [3.05, 3.63) is 17.5 Å². The zero-order valence-electron chi connectivity index (χ0n) is 12.8. The molecule has 2 amide bonds. The quantitative estimate of drug-likeness (QED) is 0.879. The molecule has 1 saturated heterocycles. The Bertz CT molecular complexity index is 586. The van der Waals surface area contributed by atoms with Crippen molar-refractivity contribution in [3.8, 4) is 0 Å². The molecule has 1 N–H and O–H groups in total. The largest absolute Gasteiger partial charge is 0.343 e. The molecule has 0 aromatic carbocycles. The van der Waals surface area contributed by atoms with Gasteiger partial charge in [0, 0.05) is 7.05 Å². The molecule has 1 aliphatic heterocycles. The second-order valence-electron chi connectivity index (χ2n) is 6.26. The molecule has 0 radical (unpaired) electrons. The number of piperazine rings is 1. The number of nitrogens with zero attached hydrogens (tertiary/aromatic N) is 3. The minimum absolute atomic E-state index is 0.00555. The van der Waals surface area contributed by atoms with Gasteiger partial charge in [-0.05, 0) is 32.8 Å². The summed E-state index contributed by atoms with van der Waals surface area (Å²) >= 11 is 0. The zero-order chi connectivity index (χ0) is 15.2. The maximum Gasteiger partial charge on any atom is 0.246 e. The van der Waals surface area contributed by atoms with Gasteiger partial charge in [0.25, 0.3) is 0 Å². The molecule has 1 unspecified atom stereocenters. The lowest BCUT2D eigenvalue weighted by Gasteiger charge is -2.45. The Hall–Kier alpha value is -1.85. The highest BCUT2D eigenvalue weighted by Crippen LogP contribution is 2.39. The summed E-state index contributed by atoms with van der Waals surface area (Å²) < 4.78 is 1.79. The first-order valence-electron chi connectivity index (χ1n) is 7.56. The lowest BCUT2D eigenvalue weighted by Crippen LogP contribution is -2.68. The summed E-state index contributed by atoms with van der Waals surface area (Å²) in [5.41, 5.74) is 1.24. The predicted molar refractivity (Wildman–Crippen MR) is 77.3 cm³/mol. The van der Waals surface area contributed by atoms with E-state index in [1.54, 1.807) is 16.5 Å². The van der Waals surface area contributed by atoms with Crippen molar-refractivity contribution >= 4 is 11.8 Å². The summed E-state index contributed by atoms with van der Waals surface area (Å²) in [6.07, 6.45) is 3.51. The standard InChI is InChI=1S/C15H22N4O2/c1-10-8-12(18(3)17-10)9-19-13(20)11(2)16-14(21)15(19)6-4-5-7-15/h8,11H,4-7,9H2,1-3H3,(H,16,21). The third-order valence-corrected chi connectivity index (χ3v) is 4.77. The first kappa shape index (κ1) is 14.1. The average molecular weight is 290 g/mol. The smallest absolute Gasteiger partial charge is 0.246 e. The molecule has 1 spiro atoms. The molecule has 1 aliphatic carbocycles. The highest BCUT2D eigenvalue weighted by atomic mass is 16.2. The van der Waals surface area contributed by atoms with Crippen molar-refractivity contribution in [2.45, 2.75) is 57.7 Å². The van der Waals surface area contributed by atoms with Crippen LogP contribution in [0.5, 0.6) is 0 Å². The van der Waals surface area contributed by atoms with Crippen LogP contribution in [0.2, 0.25) is 0 Å². The SMILES string of the molecule is Cc1cc(CN2C(=O)C(C)NC(=O)C23CCCC3)n(C)n1. The van der Waals surface area contributed by atoms with Gasteiger partial charge in [-0.2, -0.15) is 5.10 Å². The van der Waals surface area contributed by atoms with Gasteiger partial charge < -0.3 is 10.2 Å². The van der Waals surface area contributed by atoms with E-state index in [0.717, 1.165) is 37.1 Å². The Kier molecular flexibility index (Phi) is 3.26. The van der Waals surface area contributed by atoms with Gasteiger partial charge in [-0.3, -0.25) is 14.3 Å². The van der Waals surface area contributed by atoms with Crippen LogP contribution in [0.15, 0.2) is 6.07 Å². The highest BCUT2D eigenvalue weighted by Gasteiger charge is 2.52. The molecule has 1 saturated carbocycles. The Morgan fingerprint density at radius 1 is 1.38 bits per heavy atom. The number of carbonyl (C=O) groups excluding carboxylic acids is 2. The molecular formula is C15H22N4O2. The molecule has 0 bridgehead atoms. The Labute approximate surface area is 124 Å². The highest BCUT2D eigenvalue weighted by molar-refractivity contribution is 5.99. The first-order chi connectivity index (χ1) is 9.94. The maximum atomic E-state index is 12.6. The summed E-state index contributed by atoms with van der Waals surface area (Å²) in [6.45, 7) is 4.14. The third kappa shape index (κ3) is 2.13. The monoisotopic (exact) mass is 290 g/mol. The Morgan fingerprint density at radius 3 is 2.62 bits per heavy atom. The summed E-state index contributed by atoms with van der Waals surface area (Å²) in [4.78, 5) is 27.0. The van der Waals surface area contributed by atoms with E-state index in [4.69, 9.17) is 0 Å². The van der Waals surface area contributed by atoms with Gasteiger partial charge in [0.15, 0.2) is 0 Å². The van der Waals surface area contributed by atoms with Crippen LogP contribution in [-0.2, 0) is 23.2 Å². The van der Waals surface area contributed by atoms with Gasteiger partial charge in [0.2, 0.25) is 11.8 Å². The molecule has 3 rings (SSSR count). The minimum Gasteiger partial charge on any atom is -0.343 e. The lowest BCUT2D eigenvalue weighted by atomic mass is 9.89. The molecule has 2 aliphatic rings. The van der Waals surface area contributed by atoms with Crippen molar-refractivity contribution in [1.82, 2.24) is 20.0 Å². The first-order valence-corrected chi connectivity index (χ1v) is 7.56. The summed E-state index contributed by atoms with van der Waals surface area (Å²) in [7, 11) is 1.88. The van der Waals surface area contributed by atoms with Crippen molar-refractivity contribution in [3.63, 3.8) is 0 Å². The number of aromatic nitrogens is 2. The van der Waals surface area contributed by atoms with Crippen LogP contribution in [0.1, 0.15) is 44.0 Å². The van der Waals surface area contributed by atoms with E-state index < -0.39 is 11.6 Å². The molecule has 114 valence electrons. The van der Waals surface area contributed by atoms with Crippen molar-refractivity contribution in [2.75, 3.05) is 0 Å². The number of hydrogen-bond acceptors (Lipinski definition) is 3. The van der Waals surface area contributed by atoms with Crippen LogP contribution < -0.4 is 5.32 Å². The maximum absolute atomic E-state index is 12.6. The summed E-state index contributed by atoms with van der Waals surface area (Å²) in [6, 6.07) is 1.53. The third-order valence-electron chi connectivity index (χ3n) is 4.77. The van der Waals surface area contributed by atoms with E-state index in [0.29, 0.717) is 6.54 Å². The normalized spacial score (nSPS) is 24.7. The number of hydrogen-bond donors (Lipinski definition) is 1. The molecular weight excluding hydrogens is 268 g/mol. The van der Waals surface area contributed by atoms with Crippen LogP contribution in [0.4, 0.5) is 0 Å². The van der Waals surface area contributed by atoms with E-state index in [9.17, 15) is 9.59 Å². The zero-order valence-corrected chi connectivity index (χ0v) is 12.8. The van der Waals surface area contributed by atoms with Crippen LogP contribution in [0.25, 0.3) is 0 Å². The van der Waals surface area contributed by atoms with Gasteiger partial charge in [0.1, 0.15) is 11.6 Å². The number of rotatable bonds is 2. The lowest BCUT2D eigenvalue weighted by molar-refractivity contribution is -0.157. The van der Waals surface area contributed by atoms with Crippen LogP contribution >= 0.6 is 0 Å². The average Bonchev–Trinajstić information content (AvgIpc) is 3.01. The van der Waals surface area contributed by atoms with Crippen molar-refractivity contribution < 1.29 is 9.59 Å². The van der Waals surface area contributed by atoms with Gasteiger partial charge in [-0.1, -0.05) is 12.8 Å². The Morgan fingerprint density at radius 2 is 2.05 bits per heavy atom. The fraction of sp³-hybridized carbons (Fsp3) is 0.667. The molecule has 21 heavy (non-hydrogen) atoms. The van der Waals surface area contributed by atoms with E-state index >= 15 is 0 Å². The second kappa shape index (κ2) is 4.86. The van der Waals surface area contributed by atoms with E-state index in [-0.39, 0.29) is 11.8 Å². The molecule has 6 nitrogen and oxygen atoms in total. The van der Waals surface area contributed by atoms with Gasteiger partial charge in [0.05, 0.1) is 17.9 Å². The predicted octanol–water partition coefficient (Wildman–Crippen LogP) is 0.888. The minimum atomic E-state index is -0.651.